The molecule has 0 fully saturated rings. The van der Waals surface area contributed by atoms with Crippen molar-refractivity contribution in [3.8, 4) is 5.75 Å². The van der Waals surface area contributed by atoms with Gasteiger partial charge in [-0.3, -0.25) is 4.79 Å². The fourth-order valence-corrected chi connectivity index (χ4v) is 1.54. The largest absolute Gasteiger partial charge is 0.423 e. The van der Waals surface area contributed by atoms with Crippen LogP contribution in [0.1, 0.15) is 26.3 Å². The van der Waals surface area contributed by atoms with E-state index in [2.05, 4.69) is 0 Å². The van der Waals surface area contributed by atoms with Crippen LogP contribution in [0.3, 0.4) is 0 Å². The molecule has 0 radical (unpaired) electrons. The summed E-state index contributed by atoms with van der Waals surface area (Å²) in [6.45, 7) is 1.94. The van der Waals surface area contributed by atoms with Gasteiger partial charge in [-0.1, -0.05) is 17.7 Å². The quantitative estimate of drug-likeness (QED) is 0.676. The zero-order valence-corrected chi connectivity index (χ0v) is 10.4. The summed E-state index contributed by atoms with van der Waals surface area (Å²) in [6.07, 6.45) is 0. The summed E-state index contributed by atoms with van der Waals surface area (Å²) in [6, 6.07) is 13.2. The molecule has 96 valence electrons. The zero-order chi connectivity index (χ0) is 13.8. The summed E-state index contributed by atoms with van der Waals surface area (Å²) in [5, 5.41) is 0. The van der Waals surface area contributed by atoms with Gasteiger partial charge in [-0.25, -0.2) is 4.79 Å². The third-order valence-electron chi connectivity index (χ3n) is 2.64. The first-order valence-corrected chi connectivity index (χ1v) is 5.75. The number of nitrogens with two attached hydrogens (primary N) is 1. The molecule has 4 nitrogen and oxygen atoms in total. The van der Waals surface area contributed by atoms with Crippen LogP contribution in [0.4, 0.5) is 0 Å². The molecule has 19 heavy (non-hydrogen) atoms. The molecule has 2 N–H and O–H groups in total. The fourth-order valence-electron chi connectivity index (χ4n) is 1.54. The number of hydrogen-bond acceptors (Lipinski definition) is 3. The van der Waals surface area contributed by atoms with E-state index in [1.807, 2.05) is 19.1 Å². The van der Waals surface area contributed by atoms with E-state index in [0.29, 0.717) is 16.9 Å². The number of ether oxygens (including phenoxy) is 1. The van der Waals surface area contributed by atoms with Gasteiger partial charge in [0, 0.05) is 5.56 Å². The predicted octanol–water partition coefficient (Wildman–Crippen LogP) is 2.31. The van der Waals surface area contributed by atoms with Crippen molar-refractivity contribution in [2.24, 2.45) is 5.73 Å². The Labute approximate surface area is 110 Å². The van der Waals surface area contributed by atoms with Crippen molar-refractivity contribution in [2.45, 2.75) is 6.92 Å². The van der Waals surface area contributed by atoms with E-state index in [1.54, 1.807) is 12.1 Å². The van der Waals surface area contributed by atoms with Crippen molar-refractivity contribution < 1.29 is 14.3 Å². The van der Waals surface area contributed by atoms with Gasteiger partial charge >= 0.3 is 5.97 Å². The number of carbonyl (C=O) groups is 2. The second kappa shape index (κ2) is 5.35. The van der Waals surface area contributed by atoms with Crippen LogP contribution >= 0.6 is 0 Å². The first-order valence-electron chi connectivity index (χ1n) is 5.75. The maximum Gasteiger partial charge on any atom is 0.343 e. The molecule has 0 unspecified atom stereocenters. The minimum Gasteiger partial charge on any atom is -0.423 e. The first-order chi connectivity index (χ1) is 9.06. The Morgan fingerprint density at radius 1 is 0.895 bits per heavy atom. The highest BCUT2D eigenvalue weighted by Gasteiger charge is 2.08. The van der Waals surface area contributed by atoms with Crippen LogP contribution < -0.4 is 10.5 Å². The molecule has 2 aromatic carbocycles. The van der Waals surface area contributed by atoms with Crippen molar-refractivity contribution in [2.75, 3.05) is 0 Å². The molecule has 2 aromatic rings. The third kappa shape index (κ3) is 3.19. The van der Waals surface area contributed by atoms with E-state index >= 15 is 0 Å². The predicted molar refractivity (Wildman–Crippen MR) is 71.1 cm³/mol. The molecular formula is C15H13NO3. The second-order valence-electron chi connectivity index (χ2n) is 4.14. The summed E-state index contributed by atoms with van der Waals surface area (Å²) in [4.78, 5) is 22.7. The molecule has 0 aliphatic carbocycles. The van der Waals surface area contributed by atoms with E-state index in [9.17, 15) is 9.59 Å². The van der Waals surface area contributed by atoms with Gasteiger partial charge in [-0.2, -0.15) is 0 Å². The van der Waals surface area contributed by atoms with Crippen LogP contribution in [0.5, 0.6) is 5.75 Å². The number of rotatable bonds is 3. The van der Waals surface area contributed by atoms with Gasteiger partial charge in [0.15, 0.2) is 0 Å². The maximum atomic E-state index is 11.8. The minimum atomic E-state index is -0.517. The van der Waals surface area contributed by atoms with Gasteiger partial charge in [0.05, 0.1) is 5.56 Å². The third-order valence-corrected chi connectivity index (χ3v) is 2.64. The molecular weight excluding hydrogens is 242 g/mol. The Morgan fingerprint density at radius 3 is 1.95 bits per heavy atom. The van der Waals surface area contributed by atoms with Crippen LogP contribution in [0.2, 0.25) is 0 Å². The van der Waals surface area contributed by atoms with Crippen LogP contribution in [0.25, 0.3) is 0 Å². The van der Waals surface area contributed by atoms with E-state index < -0.39 is 11.9 Å². The molecule has 0 bridgehead atoms. The highest BCUT2D eigenvalue weighted by Crippen LogP contribution is 2.14. The van der Waals surface area contributed by atoms with Crippen LogP contribution in [-0.4, -0.2) is 11.9 Å². The molecule has 0 aliphatic rings. The molecule has 1 amide bonds. The maximum absolute atomic E-state index is 11.8. The van der Waals surface area contributed by atoms with E-state index in [0.717, 1.165) is 5.56 Å². The molecule has 0 heterocycles. The minimum absolute atomic E-state index is 0.370. The molecule has 2 rings (SSSR count). The van der Waals surface area contributed by atoms with Crippen molar-refractivity contribution in [1.82, 2.24) is 0 Å². The summed E-state index contributed by atoms with van der Waals surface area (Å²) >= 11 is 0. The number of benzene rings is 2. The van der Waals surface area contributed by atoms with Crippen LogP contribution in [-0.2, 0) is 0 Å². The number of esters is 1. The lowest BCUT2D eigenvalue weighted by Crippen LogP contribution is -2.11. The van der Waals surface area contributed by atoms with E-state index in [4.69, 9.17) is 10.5 Å². The average Bonchev–Trinajstić information content (AvgIpc) is 2.40. The first kappa shape index (κ1) is 12.8. The summed E-state index contributed by atoms with van der Waals surface area (Å²) < 4.78 is 5.18. The highest BCUT2D eigenvalue weighted by atomic mass is 16.5. The van der Waals surface area contributed by atoms with Gasteiger partial charge in [0.25, 0.3) is 0 Å². The fraction of sp³-hybridized carbons (Fsp3) is 0.0667. The van der Waals surface area contributed by atoms with Gasteiger partial charge in [-0.15, -0.1) is 0 Å². The normalized spacial score (nSPS) is 9.95. The Morgan fingerprint density at radius 2 is 1.42 bits per heavy atom. The number of primary amides is 1. The summed E-state index contributed by atoms with van der Waals surface area (Å²) in [5.41, 5.74) is 7.04. The average molecular weight is 255 g/mol. The van der Waals surface area contributed by atoms with Gasteiger partial charge in [0.2, 0.25) is 5.91 Å². The lowest BCUT2D eigenvalue weighted by molar-refractivity contribution is 0.0734. The topological polar surface area (TPSA) is 69.4 Å². The Kier molecular flexibility index (Phi) is 3.61. The SMILES string of the molecule is Cc1ccc(C(=O)Oc2ccc(C(N)=O)cc2)cc1. The zero-order valence-electron chi connectivity index (χ0n) is 10.4. The molecule has 0 aliphatic heterocycles. The van der Waals surface area contributed by atoms with Crippen molar-refractivity contribution >= 4 is 11.9 Å². The number of carbonyl (C=O) groups excluding carboxylic acids is 2. The van der Waals surface area contributed by atoms with Crippen molar-refractivity contribution in [3.05, 3.63) is 65.2 Å². The smallest absolute Gasteiger partial charge is 0.343 e. The standard InChI is InChI=1S/C15H13NO3/c1-10-2-4-12(5-3-10)15(18)19-13-8-6-11(7-9-13)14(16)17/h2-9H,1H3,(H2,16,17). The second-order valence-corrected chi connectivity index (χ2v) is 4.14. The molecule has 0 saturated heterocycles. The van der Waals surface area contributed by atoms with Crippen LogP contribution in [0.15, 0.2) is 48.5 Å². The number of hydrogen-bond donors (Lipinski definition) is 1. The summed E-state index contributed by atoms with van der Waals surface area (Å²) in [7, 11) is 0. The monoisotopic (exact) mass is 255 g/mol. The molecule has 0 spiro atoms. The molecule has 0 atom stereocenters. The Balaban J connectivity index is 2.10. The lowest BCUT2D eigenvalue weighted by Gasteiger charge is -2.05. The molecule has 0 saturated carbocycles. The Bertz CT molecular complexity index is 600. The number of aryl methyl sites for hydroxylation is 1. The van der Waals surface area contributed by atoms with Gasteiger partial charge in [0.1, 0.15) is 5.75 Å². The lowest BCUT2D eigenvalue weighted by atomic mass is 10.1. The van der Waals surface area contributed by atoms with Crippen molar-refractivity contribution in [1.29, 1.82) is 0 Å². The highest BCUT2D eigenvalue weighted by molar-refractivity contribution is 5.93. The van der Waals surface area contributed by atoms with Gasteiger partial charge < -0.3 is 10.5 Å². The Hall–Kier alpha value is -2.62. The molecule has 0 aromatic heterocycles. The van der Waals surface area contributed by atoms with Crippen LogP contribution in [0, 0.1) is 6.92 Å². The van der Waals surface area contributed by atoms with Crippen molar-refractivity contribution in [3.63, 3.8) is 0 Å². The van der Waals surface area contributed by atoms with E-state index in [1.165, 1.54) is 24.3 Å². The van der Waals surface area contributed by atoms with Gasteiger partial charge in [-0.05, 0) is 43.3 Å². The van der Waals surface area contributed by atoms with E-state index in [-0.39, 0.29) is 0 Å². The summed E-state index contributed by atoms with van der Waals surface area (Å²) in [5.74, 6) is -0.584. The molecule has 4 heteroatoms. The number of amides is 1.